The Morgan fingerprint density at radius 1 is 0.395 bits per heavy atom. The van der Waals surface area contributed by atoms with Crippen molar-refractivity contribution in [1.82, 2.24) is 9.13 Å². The number of hydrogen-bond donors (Lipinski definition) is 0. The normalized spacial score (nSPS) is 12.4. The molecular weight excluding hydrogens is 524 g/mol. The molecule has 0 fully saturated rings. The lowest BCUT2D eigenvalue weighted by Gasteiger charge is -2.20. The zero-order chi connectivity index (χ0) is 28.1. The SMILES string of the molecule is c1ccc2c(c1)Oc1cccc3c4ccc(-c5ccc6cc(-n7c8ccccc8c8ccccc87)ccc6c5)cc4n-2c13. The van der Waals surface area contributed by atoms with Crippen molar-refractivity contribution < 1.29 is 4.74 Å². The van der Waals surface area contributed by atoms with Gasteiger partial charge in [0, 0.05) is 27.2 Å². The average molecular weight is 549 g/mol. The standard InChI is InChI=1S/C40H24N2O/c1-3-11-34-30(8-1)31-9-2-4-12-35(31)41(34)29-20-18-26-22-25(16-17-27(26)23-29)28-19-21-32-33-10-7-15-39-40(33)42(37(32)24-28)36-13-5-6-14-38(36)43-39/h1-24H. The summed E-state index contributed by atoms with van der Waals surface area (Å²) in [7, 11) is 0. The molecule has 9 aromatic rings. The minimum absolute atomic E-state index is 0.884. The highest BCUT2D eigenvalue weighted by molar-refractivity contribution is 6.13. The zero-order valence-corrected chi connectivity index (χ0v) is 23.2. The molecule has 0 bridgehead atoms. The van der Waals surface area contributed by atoms with Crippen LogP contribution in [0.25, 0.3) is 76.9 Å². The summed E-state index contributed by atoms with van der Waals surface area (Å²) in [6.07, 6.45) is 0. The minimum Gasteiger partial charge on any atom is -0.453 e. The van der Waals surface area contributed by atoms with Gasteiger partial charge in [-0.3, -0.25) is 0 Å². The molecule has 7 aromatic carbocycles. The van der Waals surface area contributed by atoms with Gasteiger partial charge in [0.15, 0.2) is 11.5 Å². The molecule has 0 saturated heterocycles. The van der Waals surface area contributed by atoms with Gasteiger partial charge in [0.05, 0.1) is 27.8 Å². The first kappa shape index (κ1) is 22.8. The minimum atomic E-state index is 0.884. The lowest BCUT2D eigenvalue weighted by Crippen LogP contribution is -2.03. The second-order valence-electron chi connectivity index (χ2n) is 11.4. The van der Waals surface area contributed by atoms with Crippen LogP contribution in [0.3, 0.4) is 0 Å². The maximum atomic E-state index is 6.30. The van der Waals surface area contributed by atoms with Crippen LogP contribution in [0.2, 0.25) is 0 Å². The molecule has 0 radical (unpaired) electrons. The number of ether oxygens (including phenoxy) is 1. The summed E-state index contributed by atoms with van der Waals surface area (Å²) in [6, 6.07) is 52.4. The van der Waals surface area contributed by atoms with Crippen LogP contribution < -0.4 is 4.74 Å². The Balaban J connectivity index is 1.13. The number of fused-ring (bicyclic) bond motifs is 9. The molecule has 0 atom stereocenters. The van der Waals surface area contributed by atoms with E-state index in [0.717, 1.165) is 22.7 Å². The van der Waals surface area contributed by atoms with Crippen LogP contribution in [0.4, 0.5) is 0 Å². The summed E-state index contributed by atoms with van der Waals surface area (Å²) in [4.78, 5) is 0. The molecule has 1 aliphatic heterocycles. The van der Waals surface area contributed by atoms with Gasteiger partial charge >= 0.3 is 0 Å². The number of hydrogen-bond acceptors (Lipinski definition) is 1. The molecule has 0 unspecified atom stereocenters. The van der Waals surface area contributed by atoms with E-state index < -0.39 is 0 Å². The summed E-state index contributed by atoms with van der Waals surface area (Å²) in [6.45, 7) is 0. The van der Waals surface area contributed by atoms with Crippen molar-refractivity contribution in [3.05, 3.63) is 146 Å². The lowest BCUT2D eigenvalue weighted by atomic mass is 9.99. The number of aromatic nitrogens is 2. The summed E-state index contributed by atoms with van der Waals surface area (Å²) < 4.78 is 11.0. The van der Waals surface area contributed by atoms with Crippen LogP contribution in [0.1, 0.15) is 0 Å². The molecule has 10 rings (SSSR count). The molecule has 3 heteroatoms. The van der Waals surface area contributed by atoms with E-state index in [4.69, 9.17) is 4.74 Å². The molecule has 0 saturated carbocycles. The maximum absolute atomic E-state index is 6.30. The van der Waals surface area contributed by atoms with E-state index in [2.05, 4.69) is 143 Å². The van der Waals surface area contributed by atoms with Crippen LogP contribution >= 0.6 is 0 Å². The molecule has 200 valence electrons. The van der Waals surface area contributed by atoms with E-state index in [1.807, 2.05) is 12.1 Å². The molecule has 3 nitrogen and oxygen atoms in total. The Morgan fingerprint density at radius 3 is 1.88 bits per heavy atom. The highest BCUT2D eigenvalue weighted by Gasteiger charge is 2.23. The molecule has 3 heterocycles. The van der Waals surface area contributed by atoms with Gasteiger partial charge in [0.1, 0.15) is 0 Å². The summed E-state index contributed by atoms with van der Waals surface area (Å²) >= 11 is 0. The van der Waals surface area contributed by atoms with Crippen LogP contribution in [-0.2, 0) is 0 Å². The second kappa shape index (κ2) is 8.37. The van der Waals surface area contributed by atoms with Crippen molar-refractivity contribution in [3.8, 4) is 34.0 Å². The predicted molar refractivity (Wildman–Crippen MR) is 178 cm³/mol. The van der Waals surface area contributed by atoms with Crippen LogP contribution in [0.5, 0.6) is 11.5 Å². The van der Waals surface area contributed by atoms with Crippen molar-refractivity contribution in [1.29, 1.82) is 0 Å². The topological polar surface area (TPSA) is 19.1 Å². The summed E-state index contributed by atoms with van der Waals surface area (Å²) in [5.41, 5.74) is 9.44. The Labute approximate surface area is 247 Å². The number of benzene rings is 7. The Morgan fingerprint density at radius 2 is 1.02 bits per heavy atom. The van der Waals surface area contributed by atoms with Gasteiger partial charge < -0.3 is 13.9 Å². The first-order valence-electron chi connectivity index (χ1n) is 14.7. The third-order valence-corrected chi connectivity index (χ3v) is 9.07. The first-order chi connectivity index (χ1) is 21.3. The van der Waals surface area contributed by atoms with E-state index in [1.54, 1.807) is 0 Å². The van der Waals surface area contributed by atoms with Crippen LogP contribution in [0.15, 0.2) is 146 Å². The van der Waals surface area contributed by atoms with E-state index in [9.17, 15) is 0 Å². The summed E-state index contributed by atoms with van der Waals surface area (Å²) in [5, 5.41) is 7.46. The molecule has 0 spiro atoms. The van der Waals surface area contributed by atoms with Gasteiger partial charge in [-0.05, 0) is 76.5 Å². The molecule has 2 aromatic heterocycles. The van der Waals surface area contributed by atoms with Crippen molar-refractivity contribution in [2.75, 3.05) is 0 Å². The smallest absolute Gasteiger partial charge is 0.152 e. The lowest BCUT2D eigenvalue weighted by molar-refractivity contribution is 0.476. The second-order valence-corrected chi connectivity index (χ2v) is 11.4. The van der Waals surface area contributed by atoms with Crippen LogP contribution in [0, 0.1) is 0 Å². The van der Waals surface area contributed by atoms with Crippen LogP contribution in [-0.4, -0.2) is 9.13 Å². The fraction of sp³-hybridized carbons (Fsp3) is 0. The van der Waals surface area contributed by atoms with Gasteiger partial charge in [-0.2, -0.15) is 0 Å². The fourth-order valence-electron chi connectivity index (χ4n) is 7.15. The maximum Gasteiger partial charge on any atom is 0.152 e. The van der Waals surface area contributed by atoms with E-state index >= 15 is 0 Å². The van der Waals surface area contributed by atoms with Gasteiger partial charge in [-0.15, -0.1) is 0 Å². The zero-order valence-electron chi connectivity index (χ0n) is 23.2. The first-order valence-corrected chi connectivity index (χ1v) is 14.7. The van der Waals surface area contributed by atoms with E-state index in [0.29, 0.717) is 0 Å². The number of rotatable bonds is 2. The third-order valence-electron chi connectivity index (χ3n) is 9.07. The fourth-order valence-corrected chi connectivity index (χ4v) is 7.15. The largest absolute Gasteiger partial charge is 0.453 e. The predicted octanol–water partition coefficient (Wildman–Crippen LogP) is 10.8. The molecule has 1 aliphatic rings. The summed E-state index contributed by atoms with van der Waals surface area (Å²) in [5.74, 6) is 1.79. The number of para-hydroxylation sites is 5. The van der Waals surface area contributed by atoms with Crippen molar-refractivity contribution in [2.45, 2.75) is 0 Å². The highest BCUT2D eigenvalue weighted by Crippen LogP contribution is 2.46. The van der Waals surface area contributed by atoms with Crippen molar-refractivity contribution in [3.63, 3.8) is 0 Å². The molecule has 0 aliphatic carbocycles. The third kappa shape index (κ3) is 3.14. The molecule has 0 amide bonds. The molecular formula is C40H24N2O. The quantitative estimate of drug-likeness (QED) is 0.210. The number of nitrogens with zero attached hydrogens (tertiary/aromatic N) is 2. The van der Waals surface area contributed by atoms with E-state index in [1.165, 1.54) is 65.7 Å². The van der Waals surface area contributed by atoms with Crippen molar-refractivity contribution in [2.24, 2.45) is 0 Å². The van der Waals surface area contributed by atoms with Gasteiger partial charge in [0.2, 0.25) is 0 Å². The van der Waals surface area contributed by atoms with Gasteiger partial charge in [-0.1, -0.05) is 91.0 Å². The Bertz CT molecular complexity index is 2550. The van der Waals surface area contributed by atoms with Gasteiger partial charge in [0.25, 0.3) is 0 Å². The average Bonchev–Trinajstić information content (AvgIpc) is 3.58. The highest BCUT2D eigenvalue weighted by atomic mass is 16.5. The van der Waals surface area contributed by atoms with Crippen molar-refractivity contribution >= 4 is 54.4 Å². The monoisotopic (exact) mass is 548 g/mol. The Kier molecular flexibility index (Phi) is 4.45. The van der Waals surface area contributed by atoms with Gasteiger partial charge in [-0.25, -0.2) is 0 Å². The van der Waals surface area contributed by atoms with E-state index in [-0.39, 0.29) is 0 Å². The molecule has 43 heavy (non-hydrogen) atoms. The Hall–Kier alpha value is -5.80. The molecule has 0 N–H and O–H groups in total.